The van der Waals surface area contributed by atoms with Crippen molar-refractivity contribution in [1.82, 2.24) is 3.97 Å². The molecule has 3 aromatic rings. The molecule has 0 radical (unpaired) electrons. The summed E-state index contributed by atoms with van der Waals surface area (Å²) in [5.74, 6) is -0.479. The van der Waals surface area contributed by atoms with E-state index in [-0.39, 0.29) is 26.9 Å². The number of hydrogen-bond acceptors (Lipinski definition) is 6. The quantitative estimate of drug-likeness (QED) is 0.357. The lowest BCUT2D eigenvalue weighted by Gasteiger charge is -2.12. The van der Waals surface area contributed by atoms with Crippen molar-refractivity contribution in [2.75, 3.05) is 11.3 Å². The smallest absolute Gasteiger partial charge is 0.338 e. The number of carbonyl (C=O) groups excluding carboxylic acids is 1. The Morgan fingerprint density at radius 1 is 0.970 bits per heavy atom. The third-order valence-electron chi connectivity index (χ3n) is 5.00. The van der Waals surface area contributed by atoms with Crippen LogP contribution in [0.4, 0.5) is 5.69 Å². The monoisotopic (exact) mass is 490 g/mol. The SMILES string of the molecule is CCCCOC(=O)c1ccc(NS(=O)(=O)c2cc(C)n(S(=O)(=O)c3ccccc3)c2C)cc1. The number of sulfonamides is 1. The summed E-state index contributed by atoms with van der Waals surface area (Å²) in [6.45, 7) is 5.29. The molecule has 1 heterocycles. The number of esters is 1. The molecule has 10 heteroatoms. The van der Waals surface area contributed by atoms with E-state index in [1.807, 2.05) is 6.92 Å². The van der Waals surface area contributed by atoms with Crippen LogP contribution in [0.25, 0.3) is 0 Å². The van der Waals surface area contributed by atoms with E-state index in [0.717, 1.165) is 16.8 Å². The fraction of sp³-hybridized carbons (Fsp3) is 0.261. The molecule has 0 fully saturated rings. The van der Waals surface area contributed by atoms with Gasteiger partial charge in [0.15, 0.2) is 0 Å². The molecule has 2 aromatic carbocycles. The van der Waals surface area contributed by atoms with Gasteiger partial charge in [-0.05, 0) is 62.7 Å². The van der Waals surface area contributed by atoms with Crippen molar-refractivity contribution in [3.63, 3.8) is 0 Å². The second-order valence-electron chi connectivity index (χ2n) is 7.49. The second kappa shape index (κ2) is 9.80. The minimum absolute atomic E-state index is 0.0603. The van der Waals surface area contributed by atoms with Crippen molar-refractivity contribution in [3.8, 4) is 0 Å². The van der Waals surface area contributed by atoms with Crippen LogP contribution in [-0.4, -0.2) is 33.4 Å². The van der Waals surface area contributed by atoms with Crippen LogP contribution in [-0.2, 0) is 24.8 Å². The van der Waals surface area contributed by atoms with Gasteiger partial charge in [0.05, 0.1) is 22.8 Å². The van der Waals surface area contributed by atoms with Crippen molar-refractivity contribution < 1.29 is 26.4 Å². The number of benzene rings is 2. The molecule has 3 rings (SSSR count). The topological polar surface area (TPSA) is 112 Å². The molecule has 0 spiro atoms. The van der Waals surface area contributed by atoms with Gasteiger partial charge in [-0.2, -0.15) is 0 Å². The number of carbonyl (C=O) groups is 1. The highest BCUT2D eigenvalue weighted by Crippen LogP contribution is 2.27. The van der Waals surface area contributed by atoms with E-state index in [9.17, 15) is 21.6 Å². The summed E-state index contributed by atoms with van der Waals surface area (Å²) in [6, 6.07) is 15.0. The van der Waals surface area contributed by atoms with Gasteiger partial charge < -0.3 is 4.74 Å². The van der Waals surface area contributed by atoms with E-state index in [0.29, 0.717) is 12.2 Å². The summed E-state index contributed by atoms with van der Waals surface area (Å²) >= 11 is 0. The highest BCUT2D eigenvalue weighted by Gasteiger charge is 2.28. The van der Waals surface area contributed by atoms with Crippen LogP contribution in [0, 0.1) is 13.8 Å². The zero-order valence-electron chi connectivity index (χ0n) is 18.6. The molecule has 0 aliphatic rings. The summed E-state index contributed by atoms with van der Waals surface area (Å²) in [4.78, 5) is 11.9. The molecule has 0 saturated heterocycles. The molecule has 0 saturated carbocycles. The standard InChI is InChI=1S/C23H26N2O6S2/c1-4-5-15-31-23(26)19-11-13-20(14-12-19)24-32(27,28)22-16-17(2)25(18(22)3)33(29,30)21-9-7-6-8-10-21/h6-14,16,24H,4-5,15H2,1-3H3. The van der Waals surface area contributed by atoms with Gasteiger partial charge in [0.2, 0.25) is 0 Å². The summed E-state index contributed by atoms with van der Waals surface area (Å²) < 4.78 is 60.8. The molecular weight excluding hydrogens is 464 g/mol. The highest BCUT2D eigenvalue weighted by molar-refractivity contribution is 7.93. The van der Waals surface area contributed by atoms with Crippen molar-refractivity contribution in [2.24, 2.45) is 0 Å². The largest absolute Gasteiger partial charge is 0.462 e. The number of anilines is 1. The summed E-state index contributed by atoms with van der Waals surface area (Å²) in [6.07, 6.45) is 1.67. The maximum absolute atomic E-state index is 13.1. The second-order valence-corrected chi connectivity index (χ2v) is 10.9. The van der Waals surface area contributed by atoms with Gasteiger partial charge in [0.1, 0.15) is 4.90 Å². The van der Waals surface area contributed by atoms with Gasteiger partial charge in [0, 0.05) is 11.4 Å². The van der Waals surface area contributed by atoms with Crippen LogP contribution < -0.4 is 4.72 Å². The number of ether oxygens (including phenoxy) is 1. The molecule has 1 aromatic heterocycles. The van der Waals surface area contributed by atoms with E-state index in [2.05, 4.69) is 4.72 Å². The molecule has 8 nitrogen and oxygen atoms in total. The van der Waals surface area contributed by atoms with Gasteiger partial charge in [-0.15, -0.1) is 0 Å². The van der Waals surface area contributed by atoms with Crippen LogP contribution in [0.1, 0.15) is 41.5 Å². The predicted octanol–water partition coefficient (Wildman–Crippen LogP) is 4.10. The number of hydrogen-bond donors (Lipinski definition) is 1. The Kier molecular flexibility index (Phi) is 7.28. The van der Waals surface area contributed by atoms with Gasteiger partial charge in [-0.3, -0.25) is 4.72 Å². The van der Waals surface area contributed by atoms with E-state index >= 15 is 0 Å². The minimum atomic E-state index is -4.09. The van der Waals surface area contributed by atoms with E-state index in [1.54, 1.807) is 18.2 Å². The average Bonchev–Trinajstić information content (AvgIpc) is 3.10. The van der Waals surface area contributed by atoms with E-state index in [4.69, 9.17) is 4.74 Å². The van der Waals surface area contributed by atoms with Crippen molar-refractivity contribution in [2.45, 2.75) is 43.4 Å². The fourth-order valence-corrected chi connectivity index (χ4v) is 6.36. The third-order valence-corrected chi connectivity index (χ3v) is 8.40. The van der Waals surface area contributed by atoms with E-state index in [1.165, 1.54) is 56.3 Å². The molecule has 0 aliphatic heterocycles. The number of aromatic nitrogens is 1. The van der Waals surface area contributed by atoms with Crippen molar-refractivity contribution >= 4 is 31.7 Å². The number of nitrogens with zero attached hydrogens (tertiary/aromatic N) is 1. The average molecular weight is 491 g/mol. The van der Waals surface area contributed by atoms with Crippen LogP contribution in [0.5, 0.6) is 0 Å². The fourth-order valence-electron chi connectivity index (χ4n) is 3.33. The first-order chi connectivity index (χ1) is 15.6. The number of unbranched alkanes of at least 4 members (excludes halogenated alkanes) is 1. The van der Waals surface area contributed by atoms with Crippen LogP contribution >= 0.6 is 0 Å². The molecule has 0 bridgehead atoms. The first kappa shape index (κ1) is 24.5. The van der Waals surface area contributed by atoms with Crippen molar-refractivity contribution in [3.05, 3.63) is 77.6 Å². The highest BCUT2D eigenvalue weighted by atomic mass is 32.2. The predicted molar refractivity (Wildman–Crippen MR) is 125 cm³/mol. The van der Waals surface area contributed by atoms with Crippen LogP contribution in [0.15, 0.2) is 70.5 Å². The Morgan fingerprint density at radius 2 is 1.61 bits per heavy atom. The Labute approximate surface area is 194 Å². The minimum Gasteiger partial charge on any atom is -0.462 e. The molecular formula is C23H26N2O6S2. The lowest BCUT2D eigenvalue weighted by atomic mass is 10.2. The number of aryl methyl sites for hydroxylation is 1. The Bertz CT molecular complexity index is 1340. The van der Waals surface area contributed by atoms with Crippen molar-refractivity contribution in [1.29, 1.82) is 0 Å². The van der Waals surface area contributed by atoms with Gasteiger partial charge >= 0.3 is 5.97 Å². The Balaban J connectivity index is 1.86. The first-order valence-corrected chi connectivity index (χ1v) is 13.3. The molecule has 0 amide bonds. The van der Waals surface area contributed by atoms with Crippen LogP contribution in [0.3, 0.4) is 0 Å². The van der Waals surface area contributed by atoms with Gasteiger partial charge in [0.25, 0.3) is 20.0 Å². The first-order valence-electron chi connectivity index (χ1n) is 10.4. The normalized spacial score (nSPS) is 11.8. The number of nitrogens with one attached hydrogen (secondary N) is 1. The lowest BCUT2D eigenvalue weighted by Crippen LogP contribution is -2.18. The Hall–Kier alpha value is -3.11. The maximum Gasteiger partial charge on any atom is 0.338 e. The number of rotatable bonds is 9. The summed E-state index contributed by atoms with van der Waals surface area (Å²) in [7, 11) is -8.05. The molecule has 0 unspecified atom stereocenters. The molecule has 0 atom stereocenters. The summed E-state index contributed by atoms with van der Waals surface area (Å²) in [5.41, 5.74) is 0.874. The van der Waals surface area contributed by atoms with Crippen LogP contribution in [0.2, 0.25) is 0 Å². The molecule has 0 aliphatic carbocycles. The molecule has 33 heavy (non-hydrogen) atoms. The zero-order valence-corrected chi connectivity index (χ0v) is 20.2. The third kappa shape index (κ3) is 5.28. The zero-order chi connectivity index (χ0) is 24.2. The molecule has 1 N–H and O–H groups in total. The Morgan fingerprint density at radius 3 is 2.21 bits per heavy atom. The van der Waals surface area contributed by atoms with Gasteiger partial charge in [-0.25, -0.2) is 25.6 Å². The van der Waals surface area contributed by atoms with Gasteiger partial charge in [-0.1, -0.05) is 31.5 Å². The maximum atomic E-state index is 13.1. The van der Waals surface area contributed by atoms with E-state index < -0.39 is 26.0 Å². The summed E-state index contributed by atoms with van der Waals surface area (Å²) in [5, 5.41) is 0. The molecule has 176 valence electrons. The lowest BCUT2D eigenvalue weighted by molar-refractivity contribution is 0.0499.